The molecule has 25 heavy (non-hydrogen) atoms. The molecule has 2 N–H and O–H groups in total. The lowest BCUT2D eigenvalue weighted by Crippen LogP contribution is -2.45. The second kappa shape index (κ2) is 6.26. The minimum Gasteiger partial charge on any atom is -0.497 e. The second-order valence-corrected chi connectivity index (χ2v) is 6.22. The molecule has 0 saturated carbocycles. The predicted octanol–water partition coefficient (Wildman–Crippen LogP) is 2.95. The van der Waals surface area contributed by atoms with Gasteiger partial charge in [0.2, 0.25) is 0 Å². The van der Waals surface area contributed by atoms with Crippen LogP contribution in [-0.2, 0) is 16.0 Å². The van der Waals surface area contributed by atoms with Gasteiger partial charge in [0.25, 0.3) is 0 Å². The van der Waals surface area contributed by atoms with Crippen LogP contribution in [0, 0.1) is 0 Å². The monoisotopic (exact) mass is 336 g/mol. The zero-order chi connectivity index (χ0) is 17.4. The van der Waals surface area contributed by atoms with Crippen LogP contribution in [0.15, 0.2) is 48.5 Å². The Balaban J connectivity index is 1.87. The lowest BCUT2D eigenvalue weighted by atomic mass is 9.90. The number of methoxy groups -OCH3 is 2. The molecule has 1 aliphatic heterocycles. The smallest absolute Gasteiger partial charge is 0.323 e. The Kier molecular flexibility index (Phi) is 3.93. The summed E-state index contributed by atoms with van der Waals surface area (Å²) in [5.74, 6) is 0.543. The minimum atomic E-state index is -0.382. The van der Waals surface area contributed by atoms with Crippen LogP contribution in [0.4, 0.5) is 0 Å². The van der Waals surface area contributed by atoms with E-state index < -0.39 is 0 Å². The van der Waals surface area contributed by atoms with Crippen molar-refractivity contribution in [1.82, 2.24) is 10.3 Å². The number of benzene rings is 2. The number of aromatic nitrogens is 1. The maximum Gasteiger partial charge on any atom is 0.323 e. The second-order valence-electron chi connectivity index (χ2n) is 6.22. The van der Waals surface area contributed by atoms with Gasteiger partial charge < -0.3 is 14.5 Å². The highest BCUT2D eigenvalue weighted by Gasteiger charge is 2.34. The number of nitrogens with one attached hydrogen (secondary N) is 2. The van der Waals surface area contributed by atoms with Gasteiger partial charge >= 0.3 is 5.97 Å². The molecule has 0 aliphatic carbocycles. The fraction of sp³-hybridized carbons (Fsp3) is 0.250. The first-order valence-electron chi connectivity index (χ1n) is 8.28. The maximum atomic E-state index is 12.2. The lowest BCUT2D eigenvalue weighted by molar-refractivity contribution is -0.143. The van der Waals surface area contributed by atoms with E-state index >= 15 is 0 Å². The van der Waals surface area contributed by atoms with Crippen molar-refractivity contribution in [3.8, 4) is 5.75 Å². The summed E-state index contributed by atoms with van der Waals surface area (Å²) >= 11 is 0. The molecule has 1 aromatic heterocycles. The summed E-state index contributed by atoms with van der Waals surface area (Å²) in [6.45, 7) is 0. The van der Waals surface area contributed by atoms with Crippen LogP contribution >= 0.6 is 0 Å². The molecule has 5 nitrogen and oxygen atoms in total. The summed E-state index contributed by atoms with van der Waals surface area (Å²) in [7, 11) is 3.08. The predicted molar refractivity (Wildman–Crippen MR) is 95.8 cm³/mol. The van der Waals surface area contributed by atoms with Crippen molar-refractivity contribution in [3.05, 3.63) is 65.4 Å². The largest absolute Gasteiger partial charge is 0.497 e. The van der Waals surface area contributed by atoms with Crippen molar-refractivity contribution in [2.45, 2.75) is 18.5 Å². The van der Waals surface area contributed by atoms with Crippen LogP contribution in [0.25, 0.3) is 10.9 Å². The molecule has 128 valence electrons. The first-order valence-corrected chi connectivity index (χ1v) is 8.28. The molecule has 0 fully saturated rings. The number of H-pyrrole nitrogens is 1. The standard InChI is InChI=1S/C20H20N2O3/c1-24-13-7-5-6-12(10-13)18-19-15(11-17(22-18)20(23)25-2)14-8-3-4-9-16(14)21-19/h3-10,17-18,21-22H,11H2,1-2H3/t17-,18-/m1/s1. The van der Waals surface area contributed by atoms with E-state index in [1.54, 1.807) is 7.11 Å². The highest BCUT2D eigenvalue weighted by atomic mass is 16.5. The first-order chi connectivity index (χ1) is 12.2. The molecule has 2 aromatic carbocycles. The molecule has 4 rings (SSSR count). The van der Waals surface area contributed by atoms with Crippen molar-refractivity contribution in [2.75, 3.05) is 14.2 Å². The van der Waals surface area contributed by atoms with Gasteiger partial charge in [0.05, 0.1) is 20.3 Å². The van der Waals surface area contributed by atoms with Gasteiger partial charge in [0, 0.05) is 23.0 Å². The van der Waals surface area contributed by atoms with Gasteiger partial charge in [-0.15, -0.1) is 0 Å². The quantitative estimate of drug-likeness (QED) is 0.722. The molecule has 0 spiro atoms. The van der Waals surface area contributed by atoms with Crippen molar-refractivity contribution in [1.29, 1.82) is 0 Å². The van der Waals surface area contributed by atoms with E-state index in [9.17, 15) is 4.79 Å². The van der Waals surface area contributed by atoms with E-state index in [2.05, 4.69) is 22.4 Å². The van der Waals surface area contributed by atoms with E-state index in [0.717, 1.165) is 33.5 Å². The summed E-state index contributed by atoms with van der Waals surface area (Å²) in [4.78, 5) is 15.7. The zero-order valence-electron chi connectivity index (χ0n) is 14.2. The molecule has 5 heteroatoms. The van der Waals surface area contributed by atoms with Crippen LogP contribution < -0.4 is 10.1 Å². The minimum absolute atomic E-state index is 0.129. The third-order valence-corrected chi connectivity index (χ3v) is 4.82. The summed E-state index contributed by atoms with van der Waals surface area (Å²) in [5, 5.41) is 4.58. The van der Waals surface area contributed by atoms with Gasteiger partial charge in [-0.3, -0.25) is 10.1 Å². The molecule has 0 unspecified atom stereocenters. The van der Waals surface area contributed by atoms with Gasteiger partial charge in [-0.05, 0) is 29.3 Å². The highest BCUT2D eigenvalue weighted by molar-refractivity contribution is 5.87. The Hall–Kier alpha value is -2.79. The molecular formula is C20H20N2O3. The van der Waals surface area contributed by atoms with E-state index in [1.807, 2.05) is 36.4 Å². The van der Waals surface area contributed by atoms with Gasteiger partial charge in [0.15, 0.2) is 0 Å². The Morgan fingerprint density at radius 1 is 1.12 bits per heavy atom. The summed E-state index contributed by atoms with van der Waals surface area (Å²) in [5.41, 5.74) is 4.38. The number of carbonyl (C=O) groups excluding carboxylic acids is 1. The lowest BCUT2D eigenvalue weighted by Gasteiger charge is -2.30. The van der Waals surface area contributed by atoms with Gasteiger partial charge in [-0.2, -0.15) is 0 Å². The number of carbonyl (C=O) groups is 1. The maximum absolute atomic E-state index is 12.2. The van der Waals surface area contributed by atoms with Crippen molar-refractivity contribution < 1.29 is 14.3 Å². The van der Waals surface area contributed by atoms with Crippen LogP contribution in [-0.4, -0.2) is 31.2 Å². The molecule has 2 atom stereocenters. The Morgan fingerprint density at radius 2 is 1.96 bits per heavy atom. The van der Waals surface area contributed by atoms with Crippen LogP contribution in [0.1, 0.15) is 22.9 Å². The molecule has 1 aliphatic rings. The highest BCUT2D eigenvalue weighted by Crippen LogP contribution is 2.36. The van der Waals surface area contributed by atoms with Gasteiger partial charge in [-0.1, -0.05) is 30.3 Å². The van der Waals surface area contributed by atoms with E-state index in [4.69, 9.17) is 9.47 Å². The third kappa shape index (κ3) is 2.66. The number of rotatable bonds is 3. The normalized spacial score (nSPS) is 19.4. The van der Waals surface area contributed by atoms with Crippen molar-refractivity contribution >= 4 is 16.9 Å². The molecule has 0 saturated heterocycles. The van der Waals surface area contributed by atoms with E-state index in [1.165, 1.54) is 7.11 Å². The fourth-order valence-electron chi connectivity index (χ4n) is 3.61. The molecule has 3 aromatic rings. The van der Waals surface area contributed by atoms with Crippen molar-refractivity contribution in [3.63, 3.8) is 0 Å². The molecule has 0 bridgehead atoms. The third-order valence-electron chi connectivity index (χ3n) is 4.82. The number of hydrogen-bond acceptors (Lipinski definition) is 4. The van der Waals surface area contributed by atoms with Gasteiger partial charge in [0.1, 0.15) is 11.8 Å². The molecular weight excluding hydrogens is 316 g/mol. The van der Waals surface area contributed by atoms with Gasteiger partial charge in [-0.25, -0.2) is 0 Å². The average molecular weight is 336 g/mol. The number of fused-ring (bicyclic) bond motifs is 3. The number of aromatic amines is 1. The Bertz CT molecular complexity index is 932. The van der Waals surface area contributed by atoms with Crippen LogP contribution in [0.2, 0.25) is 0 Å². The summed E-state index contributed by atoms with van der Waals surface area (Å²) < 4.78 is 10.3. The van der Waals surface area contributed by atoms with Crippen molar-refractivity contribution in [2.24, 2.45) is 0 Å². The number of ether oxygens (including phenoxy) is 2. The van der Waals surface area contributed by atoms with Crippen LogP contribution in [0.3, 0.4) is 0 Å². The molecule has 0 amide bonds. The summed E-state index contributed by atoms with van der Waals surface area (Å²) in [6.07, 6.45) is 0.604. The SMILES string of the molecule is COC(=O)[C@H]1Cc2c([nH]c3ccccc23)[C@@H](c2cccc(OC)c2)N1. The fourth-order valence-corrected chi connectivity index (χ4v) is 3.61. The first kappa shape index (κ1) is 15.7. The Labute approximate surface area is 146 Å². The zero-order valence-corrected chi connectivity index (χ0v) is 14.2. The average Bonchev–Trinajstić information content (AvgIpc) is 3.05. The van der Waals surface area contributed by atoms with Crippen LogP contribution in [0.5, 0.6) is 5.75 Å². The Morgan fingerprint density at radius 3 is 2.76 bits per heavy atom. The number of para-hydroxylation sites is 1. The summed E-state index contributed by atoms with van der Waals surface area (Å²) in [6, 6.07) is 15.6. The topological polar surface area (TPSA) is 63.4 Å². The number of hydrogen-bond donors (Lipinski definition) is 2. The molecule has 0 radical (unpaired) electrons. The van der Waals surface area contributed by atoms with E-state index in [0.29, 0.717) is 6.42 Å². The number of esters is 1. The molecule has 2 heterocycles. The van der Waals surface area contributed by atoms with E-state index in [-0.39, 0.29) is 18.1 Å².